The summed E-state index contributed by atoms with van der Waals surface area (Å²) in [6.07, 6.45) is 16.8. The number of nitrogens with zero attached hydrogens (tertiary/aromatic N) is 2. The highest BCUT2D eigenvalue weighted by Crippen LogP contribution is 2.37. The number of carbonyl (C=O) groups excluding carboxylic acids is 2. The Kier molecular flexibility index (Phi) is 22.5. The van der Waals surface area contributed by atoms with Crippen molar-refractivity contribution >= 4 is 12.2 Å². The van der Waals surface area contributed by atoms with Crippen LogP contribution in [-0.4, -0.2) is 83.2 Å². The molecule has 3 aliphatic rings. The minimum Gasteiger partial charge on any atom is -0.454 e. The van der Waals surface area contributed by atoms with Gasteiger partial charge in [0, 0.05) is 24.9 Å². The molecule has 2 saturated heterocycles. The number of nitrogens with one attached hydrogen (secondary N) is 1. The zero-order chi connectivity index (χ0) is 32.8. The number of allylic oxidation sites excluding steroid dienone is 2. The van der Waals surface area contributed by atoms with Crippen LogP contribution in [0.3, 0.4) is 0 Å². The van der Waals surface area contributed by atoms with Crippen LogP contribution < -0.4 is 4.90 Å². The standard InChI is InChI=1S/C21H33NO3.C9H21N.C3H9N.C3H6O/c1-5-16(17-6-7-18-19(13-17)25-14-24-18)12-15(2)8-10-22-11-9-21(3,4)20(22)23;1-4-6-8-10(3)9-7-5-2;1-4(2)3;1-2-3-4/h7,13,15-17H,5-6,8-12,14H2,1-4H3;4-9H2,1-3H3;1-3H3;3H,2H2,1H3/p+1. The lowest BCUT2D eigenvalue weighted by atomic mass is 9.79. The van der Waals surface area contributed by atoms with Crippen molar-refractivity contribution in [2.45, 2.75) is 113 Å². The molecule has 2 heterocycles. The number of fused-ring (bicyclic) bond motifs is 1. The Morgan fingerprint density at radius 3 is 2.09 bits per heavy atom. The molecule has 7 nitrogen and oxygen atoms in total. The monoisotopic (exact) mass is 609 g/mol. The van der Waals surface area contributed by atoms with Crippen LogP contribution in [0.1, 0.15) is 113 Å². The van der Waals surface area contributed by atoms with Crippen molar-refractivity contribution in [3.05, 3.63) is 23.7 Å². The molecule has 3 rings (SSSR count). The van der Waals surface area contributed by atoms with Gasteiger partial charge in [0.2, 0.25) is 12.7 Å². The molecule has 0 spiro atoms. The summed E-state index contributed by atoms with van der Waals surface area (Å²) < 4.78 is 11.0. The second-order valence-corrected chi connectivity index (χ2v) is 13.7. The average Bonchev–Trinajstić information content (AvgIpc) is 3.55. The summed E-state index contributed by atoms with van der Waals surface area (Å²) in [6.45, 7) is 19.8. The van der Waals surface area contributed by atoms with Gasteiger partial charge in [-0.25, -0.2) is 0 Å². The second-order valence-electron chi connectivity index (χ2n) is 13.7. The van der Waals surface area contributed by atoms with Crippen molar-refractivity contribution in [3.63, 3.8) is 0 Å². The molecule has 1 N–H and O–H groups in total. The molecule has 252 valence electrons. The smallest absolute Gasteiger partial charge is 0.231 e. The van der Waals surface area contributed by atoms with Gasteiger partial charge in [0.1, 0.15) is 6.29 Å². The SMILES string of the molecule is CCC(CC(C)CCN1CCC(C)(C)C1=O)C1C=C2OCOC2=CC1.CCC=O.CCCCN(C)CCCC.C[NH+](C)C. The molecular weight excluding hydrogens is 538 g/mol. The number of likely N-dealkylation sites (tertiary alicyclic amines) is 1. The van der Waals surface area contributed by atoms with E-state index in [4.69, 9.17) is 9.47 Å². The van der Waals surface area contributed by atoms with E-state index < -0.39 is 0 Å². The predicted molar refractivity (Wildman–Crippen MR) is 181 cm³/mol. The zero-order valence-electron chi connectivity index (χ0n) is 30.1. The summed E-state index contributed by atoms with van der Waals surface area (Å²) in [5.74, 6) is 4.03. The quantitative estimate of drug-likeness (QED) is 0.233. The van der Waals surface area contributed by atoms with E-state index in [0.717, 1.165) is 50.2 Å². The maximum Gasteiger partial charge on any atom is 0.231 e. The number of hydrogen-bond donors (Lipinski definition) is 1. The fourth-order valence-corrected chi connectivity index (χ4v) is 5.31. The Morgan fingerprint density at radius 1 is 1.07 bits per heavy atom. The second kappa shape index (κ2) is 23.5. The molecule has 0 aromatic carbocycles. The number of amides is 1. The van der Waals surface area contributed by atoms with Crippen LogP contribution in [0.15, 0.2) is 23.7 Å². The molecular formula is C36H70N3O4+. The van der Waals surface area contributed by atoms with Gasteiger partial charge >= 0.3 is 0 Å². The number of rotatable bonds is 14. The molecule has 2 fully saturated rings. The van der Waals surface area contributed by atoms with Gasteiger partial charge in [-0.1, -0.05) is 67.7 Å². The van der Waals surface area contributed by atoms with Crippen molar-refractivity contribution in [1.82, 2.24) is 9.80 Å². The highest BCUT2D eigenvalue weighted by Gasteiger charge is 2.38. The Bertz CT molecular complexity index is 798. The molecule has 0 saturated carbocycles. The molecule has 0 bridgehead atoms. The van der Waals surface area contributed by atoms with E-state index in [-0.39, 0.29) is 5.41 Å². The molecule has 0 aromatic rings. The van der Waals surface area contributed by atoms with Crippen LogP contribution in [-0.2, 0) is 19.1 Å². The summed E-state index contributed by atoms with van der Waals surface area (Å²) in [4.78, 5) is 27.4. The summed E-state index contributed by atoms with van der Waals surface area (Å²) >= 11 is 0. The van der Waals surface area contributed by atoms with Crippen LogP contribution >= 0.6 is 0 Å². The van der Waals surface area contributed by atoms with Gasteiger partial charge < -0.3 is 29.0 Å². The molecule has 3 unspecified atom stereocenters. The van der Waals surface area contributed by atoms with Crippen LogP contribution in [0, 0.1) is 23.2 Å². The molecule has 1 amide bonds. The third-order valence-corrected chi connectivity index (χ3v) is 8.17. The zero-order valence-corrected chi connectivity index (χ0v) is 30.1. The van der Waals surface area contributed by atoms with Gasteiger partial charge in [-0.05, 0) is 88.6 Å². The first-order valence-corrected chi connectivity index (χ1v) is 17.2. The first-order valence-electron chi connectivity index (χ1n) is 17.2. The highest BCUT2D eigenvalue weighted by molar-refractivity contribution is 5.83. The van der Waals surface area contributed by atoms with E-state index in [1.165, 1.54) is 56.5 Å². The fraction of sp³-hybridized carbons (Fsp3) is 0.833. The van der Waals surface area contributed by atoms with Crippen LogP contribution in [0.25, 0.3) is 0 Å². The summed E-state index contributed by atoms with van der Waals surface area (Å²) in [6, 6.07) is 0. The number of carbonyl (C=O) groups is 2. The Hall–Kier alpha value is -1.86. The maximum absolute atomic E-state index is 12.4. The van der Waals surface area contributed by atoms with Gasteiger partial charge in [-0.3, -0.25) is 4.79 Å². The largest absolute Gasteiger partial charge is 0.454 e. The minimum atomic E-state index is -0.156. The normalized spacial score (nSPS) is 19.7. The number of aldehydes is 1. The summed E-state index contributed by atoms with van der Waals surface area (Å²) in [5.41, 5.74) is -0.156. The molecule has 1 aliphatic carbocycles. The first kappa shape index (κ1) is 41.1. The molecule has 2 aliphatic heterocycles. The third-order valence-electron chi connectivity index (χ3n) is 8.17. The number of quaternary nitrogens is 1. The minimum absolute atomic E-state index is 0.156. The topological polar surface area (TPSA) is 63.5 Å². The van der Waals surface area contributed by atoms with Crippen molar-refractivity contribution < 1.29 is 24.0 Å². The van der Waals surface area contributed by atoms with Crippen LogP contribution in [0.2, 0.25) is 0 Å². The Balaban J connectivity index is 0.000000809. The third kappa shape index (κ3) is 17.9. The van der Waals surface area contributed by atoms with Crippen molar-refractivity contribution in [3.8, 4) is 0 Å². The van der Waals surface area contributed by atoms with Gasteiger partial charge in [0.15, 0.2) is 11.5 Å². The van der Waals surface area contributed by atoms with E-state index in [2.05, 4.69) is 91.7 Å². The summed E-state index contributed by atoms with van der Waals surface area (Å²) in [7, 11) is 8.46. The number of ether oxygens (including phenoxy) is 2. The van der Waals surface area contributed by atoms with Gasteiger partial charge in [-0.2, -0.15) is 0 Å². The molecule has 43 heavy (non-hydrogen) atoms. The average molecular weight is 609 g/mol. The Labute approximate surface area is 266 Å². The van der Waals surface area contributed by atoms with Crippen molar-refractivity contribution in [2.75, 3.05) is 61.2 Å². The number of hydrogen-bond acceptors (Lipinski definition) is 5. The van der Waals surface area contributed by atoms with Crippen LogP contribution in [0.5, 0.6) is 0 Å². The predicted octanol–water partition coefficient (Wildman–Crippen LogP) is 6.35. The summed E-state index contributed by atoms with van der Waals surface area (Å²) in [5, 5.41) is 0. The lowest BCUT2D eigenvalue weighted by Gasteiger charge is -2.28. The molecule has 0 radical (unpaired) electrons. The van der Waals surface area contributed by atoms with Crippen LogP contribution in [0.4, 0.5) is 0 Å². The van der Waals surface area contributed by atoms with Crippen molar-refractivity contribution in [2.24, 2.45) is 23.2 Å². The fourth-order valence-electron chi connectivity index (χ4n) is 5.31. The number of unbranched alkanes of at least 4 members (excludes halogenated alkanes) is 2. The molecule has 3 atom stereocenters. The van der Waals surface area contributed by atoms with Crippen molar-refractivity contribution in [1.29, 1.82) is 0 Å². The van der Waals surface area contributed by atoms with E-state index in [1.54, 1.807) is 0 Å². The Morgan fingerprint density at radius 2 is 1.63 bits per heavy atom. The molecule has 0 aromatic heterocycles. The lowest BCUT2D eigenvalue weighted by molar-refractivity contribution is -0.836. The van der Waals surface area contributed by atoms with E-state index in [0.29, 0.717) is 36.9 Å². The maximum atomic E-state index is 12.4. The molecule has 7 heteroatoms. The van der Waals surface area contributed by atoms with Gasteiger partial charge in [0.25, 0.3) is 0 Å². The van der Waals surface area contributed by atoms with Gasteiger partial charge in [0.05, 0.1) is 21.1 Å². The highest BCUT2D eigenvalue weighted by atomic mass is 16.7. The lowest BCUT2D eigenvalue weighted by Crippen LogP contribution is -3.02. The van der Waals surface area contributed by atoms with E-state index >= 15 is 0 Å². The van der Waals surface area contributed by atoms with Gasteiger partial charge in [-0.15, -0.1) is 0 Å². The van der Waals surface area contributed by atoms with E-state index in [1.807, 2.05) is 6.92 Å². The first-order chi connectivity index (χ1) is 20.4. The van der Waals surface area contributed by atoms with E-state index in [9.17, 15) is 9.59 Å².